The lowest BCUT2D eigenvalue weighted by atomic mass is 9.76. The molecule has 3 aromatic rings. The fraction of sp³-hybridized carbons (Fsp3) is 0.360. The summed E-state index contributed by atoms with van der Waals surface area (Å²) in [6.07, 6.45) is 2.03. The van der Waals surface area contributed by atoms with E-state index in [2.05, 4.69) is 15.5 Å². The van der Waals surface area contributed by atoms with Crippen LogP contribution in [0.1, 0.15) is 42.2 Å². The number of nitrogens with zero attached hydrogens (tertiary/aromatic N) is 3. The Bertz CT molecular complexity index is 1170. The molecule has 1 saturated heterocycles. The third-order valence-corrected chi connectivity index (χ3v) is 6.55. The lowest BCUT2D eigenvalue weighted by molar-refractivity contribution is -0.137. The Morgan fingerprint density at radius 3 is 2.73 bits per heavy atom. The first-order chi connectivity index (χ1) is 16.0. The van der Waals surface area contributed by atoms with Crippen LogP contribution in [0.2, 0.25) is 0 Å². The van der Waals surface area contributed by atoms with Crippen molar-refractivity contribution in [2.24, 2.45) is 5.92 Å². The number of amides is 3. The van der Waals surface area contributed by atoms with Crippen molar-refractivity contribution in [2.45, 2.75) is 44.7 Å². The van der Waals surface area contributed by atoms with Gasteiger partial charge in [0.1, 0.15) is 5.75 Å². The number of methoxy groups -OCH3 is 1. The largest absolute Gasteiger partial charge is 0.497 e. The standard InChI is InChI=1S/C25H26N4O4/c1-15-4-3-5-17(12-15)22-27-23(33-28-22)18-8-11-20-21(13-18)26-25(31)29(24(20)30)14-16-6-9-19(32-2)10-7-16/h3-7,9-10,12,18,20-21H,8,11,13-14H2,1-2H3,(H,26,31). The van der Waals surface area contributed by atoms with E-state index in [9.17, 15) is 9.59 Å². The second kappa shape index (κ2) is 8.69. The number of fused-ring (bicyclic) bond motifs is 1. The average molecular weight is 447 g/mol. The smallest absolute Gasteiger partial charge is 0.324 e. The zero-order valence-electron chi connectivity index (χ0n) is 18.7. The van der Waals surface area contributed by atoms with Crippen LogP contribution in [0, 0.1) is 12.8 Å². The van der Waals surface area contributed by atoms with E-state index in [0.29, 0.717) is 24.6 Å². The molecule has 8 heteroatoms. The molecule has 3 amide bonds. The first-order valence-corrected chi connectivity index (χ1v) is 11.2. The number of ether oxygens (including phenoxy) is 1. The molecule has 2 aromatic carbocycles. The van der Waals surface area contributed by atoms with Crippen LogP contribution in [0.15, 0.2) is 53.1 Å². The van der Waals surface area contributed by atoms with Crippen molar-refractivity contribution in [3.63, 3.8) is 0 Å². The Labute approximate surface area is 191 Å². The average Bonchev–Trinajstić information content (AvgIpc) is 3.32. The van der Waals surface area contributed by atoms with Crippen LogP contribution in [0.3, 0.4) is 0 Å². The normalized spacial score (nSPS) is 22.6. The van der Waals surface area contributed by atoms with Gasteiger partial charge in [-0.05, 0) is 49.9 Å². The molecule has 1 aliphatic carbocycles. The highest BCUT2D eigenvalue weighted by atomic mass is 16.5. The van der Waals surface area contributed by atoms with Crippen LogP contribution in [-0.4, -0.2) is 40.1 Å². The van der Waals surface area contributed by atoms with Gasteiger partial charge in [0.2, 0.25) is 17.6 Å². The van der Waals surface area contributed by atoms with E-state index in [1.54, 1.807) is 7.11 Å². The molecular formula is C25H26N4O4. The van der Waals surface area contributed by atoms with Crippen molar-refractivity contribution < 1.29 is 18.8 Å². The van der Waals surface area contributed by atoms with Gasteiger partial charge in [0.05, 0.1) is 19.6 Å². The number of carbonyl (C=O) groups is 2. The number of hydrogen-bond donors (Lipinski definition) is 1. The number of aromatic nitrogens is 2. The van der Waals surface area contributed by atoms with Crippen LogP contribution in [-0.2, 0) is 11.3 Å². The first-order valence-electron chi connectivity index (χ1n) is 11.2. The predicted octanol–water partition coefficient (Wildman–Crippen LogP) is 4.06. The summed E-state index contributed by atoms with van der Waals surface area (Å²) in [5.41, 5.74) is 2.91. The molecule has 0 bridgehead atoms. The molecule has 2 aliphatic rings. The number of carbonyl (C=O) groups excluding carboxylic acids is 2. The van der Waals surface area contributed by atoms with Gasteiger partial charge in [0, 0.05) is 17.5 Å². The van der Waals surface area contributed by atoms with Gasteiger partial charge in [-0.3, -0.25) is 9.69 Å². The van der Waals surface area contributed by atoms with Crippen molar-refractivity contribution in [3.8, 4) is 17.1 Å². The van der Waals surface area contributed by atoms with Crippen molar-refractivity contribution in [1.29, 1.82) is 0 Å². The molecule has 2 fully saturated rings. The Balaban J connectivity index is 1.27. The van der Waals surface area contributed by atoms with Gasteiger partial charge >= 0.3 is 6.03 Å². The molecule has 1 N–H and O–H groups in total. The van der Waals surface area contributed by atoms with E-state index < -0.39 is 0 Å². The second-order valence-corrected chi connectivity index (χ2v) is 8.77. The third kappa shape index (κ3) is 4.20. The molecule has 2 heterocycles. The van der Waals surface area contributed by atoms with E-state index in [0.717, 1.165) is 28.9 Å². The molecule has 5 rings (SSSR count). The fourth-order valence-corrected chi connectivity index (χ4v) is 4.75. The van der Waals surface area contributed by atoms with Gasteiger partial charge < -0.3 is 14.6 Å². The topological polar surface area (TPSA) is 97.6 Å². The summed E-state index contributed by atoms with van der Waals surface area (Å²) in [7, 11) is 1.60. The summed E-state index contributed by atoms with van der Waals surface area (Å²) in [4.78, 5) is 31.8. The maximum absolute atomic E-state index is 13.2. The van der Waals surface area contributed by atoms with Gasteiger partial charge in [-0.25, -0.2) is 4.79 Å². The van der Waals surface area contributed by atoms with E-state index in [-0.39, 0.29) is 36.4 Å². The highest BCUT2D eigenvalue weighted by Gasteiger charge is 2.45. The van der Waals surface area contributed by atoms with E-state index in [4.69, 9.17) is 9.26 Å². The first kappa shape index (κ1) is 21.2. The van der Waals surface area contributed by atoms with Crippen LogP contribution in [0.25, 0.3) is 11.4 Å². The van der Waals surface area contributed by atoms with Crippen LogP contribution in [0.4, 0.5) is 4.79 Å². The molecule has 1 saturated carbocycles. The molecule has 170 valence electrons. The number of benzene rings is 2. The van der Waals surface area contributed by atoms with Crippen molar-refractivity contribution >= 4 is 11.9 Å². The molecule has 3 atom stereocenters. The number of urea groups is 1. The lowest BCUT2D eigenvalue weighted by Gasteiger charge is -2.41. The summed E-state index contributed by atoms with van der Waals surface area (Å²) in [5, 5.41) is 7.19. The van der Waals surface area contributed by atoms with Crippen LogP contribution in [0.5, 0.6) is 5.75 Å². The van der Waals surface area contributed by atoms with Gasteiger partial charge in [-0.2, -0.15) is 4.98 Å². The zero-order valence-corrected chi connectivity index (χ0v) is 18.7. The molecule has 33 heavy (non-hydrogen) atoms. The highest BCUT2D eigenvalue weighted by Crippen LogP contribution is 2.38. The molecular weight excluding hydrogens is 420 g/mol. The van der Waals surface area contributed by atoms with Crippen LogP contribution >= 0.6 is 0 Å². The molecule has 0 spiro atoms. The van der Waals surface area contributed by atoms with Gasteiger partial charge in [0.15, 0.2) is 0 Å². The number of hydrogen-bond acceptors (Lipinski definition) is 6. The Morgan fingerprint density at radius 1 is 1.15 bits per heavy atom. The second-order valence-electron chi connectivity index (χ2n) is 8.77. The lowest BCUT2D eigenvalue weighted by Crippen LogP contribution is -2.60. The van der Waals surface area contributed by atoms with Crippen LogP contribution < -0.4 is 10.1 Å². The molecule has 0 radical (unpaired) electrons. The minimum atomic E-state index is -0.358. The number of aryl methyl sites for hydroxylation is 1. The minimum absolute atomic E-state index is 0.0125. The summed E-state index contributed by atoms with van der Waals surface area (Å²) in [5.74, 6) is 1.51. The number of imide groups is 1. The van der Waals surface area contributed by atoms with E-state index >= 15 is 0 Å². The Kier molecular flexibility index (Phi) is 5.58. The van der Waals surface area contributed by atoms with E-state index in [1.807, 2.05) is 55.5 Å². The molecule has 8 nitrogen and oxygen atoms in total. The van der Waals surface area contributed by atoms with Gasteiger partial charge in [-0.15, -0.1) is 0 Å². The summed E-state index contributed by atoms with van der Waals surface area (Å²) in [6, 6.07) is 14.7. The highest BCUT2D eigenvalue weighted by molar-refractivity contribution is 5.98. The summed E-state index contributed by atoms with van der Waals surface area (Å²) < 4.78 is 10.7. The maximum Gasteiger partial charge on any atom is 0.324 e. The molecule has 1 aliphatic heterocycles. The Hall–Kier alpha value is -3.68. The minimum Gasteiger partial charge on any atom is -0.497 e. The number of rotatable bonds is 5. The van der Waals surface area contributed by atoms with Crippen molar-refractivity contribution in [2.75, 3.05) is 7.11 Å². The molecule has 1 aromatic heterocycles. The summed E-state index contributed by atoms with van der Waals surface area (Å²) in [6.45, 7) is 2.26. The monoisotopic (exact) mass is 446 g/mol. The Morgan fingerprint density at radius 2 is 1.97 bits per heavy atom. The fourth-order valence-electron chi connectivity index (χ4n) is 4.75. The van der Waals surface area contributed by atoms with Gasteiger partial charge in [-0.1, -0.05) is 41.1 Å². The quantitative estimate of drug-likeness (QED) is 0.635. The van der Waals surface area contributed by atoms with E-state index in [1.165, 1.54) is 4.90 Å². The summed E-state index contributed by atoms with van der Waals surface area (Å²) >= 11 is 0. The van der Waals surface area contributed by atoms with Gasteiger partial charge in [0.25, 0.3) is 0 Å². The zero-order chi connectivity index (χ0) is 22.9. The molecule has 3 unspecified atom stereocenters. The SMILES string of the molecule is COc1ccc(CN2C(=O)NC3CC(c4nc(-c5cccc(C)c5)no4)CCC3C2=O)cc1. The van der Waals surface area contributed by atoms with Crippen molar-refractivity contribution in [1.82, 2.24) is 20.4 Å². The maximum atomic E-state index is 13.2. The predicted molar refractivity (Wildman–Crippen MR) is 120 cm³/mol. The van der Waals surface area contributed by atoms with Crippen molar-refractivity contribution in [3.05, 3.63) is 65.5 Å². The number of nitrogens with one attached hydrogen (secondary N) is 1. The third-order valence-electron chi connectivity index (χ3n) is 6.55.